The van der Waals surface area contributed by atoms with Gasteiger partial charge in [-0.2, -0.15) is 0 Å². The van der Waals surface area contributed by atoms with E-state index in [0.29, 0.717) is 44.5 Å². The van der Waals surface area contributed by atoms with Gasteiger partial charge in [-0.05, 0) is 63.0 Å². The summed E-state index contributed by atoms with van der Waals surface area (Å²) in [5.41, 5.74) is 4.33. The number of aliphatic hydroxyl groups is 1. The van der Waals surface area contributed by atoms with Gasteiger partial charge in [0.05, 0.1) is 19.5 Å². The van der Waals surface area contributed by atoms with Gasteiger partial charge >= 0.3 is 0 Å². The lowest BCUT2D eigenvalue weighted by Gasteiger charge is -2.33. The van der Waals surface area contributed by atoms with Crippen molar-refractivity contribution in [3.63, 3.8) is 0 Å². The Balaban J connectivity index is 1.10. The number of carbonyl (C=O) groups is 1. The minimum absolute atomic E-state index is 0.0277. The van der Waals surface area contributed by atoms with Gasteiger partial charge < -0.3 is 28.8 Å². The van der Waals surface area contributed by atoms with Crippen molar-refractivity contribution in [2.75, 3.05) is 52.5 Å². The Morgan fingerprint density at radius 3 is 2.73 bits per heavy atom. The van der Waals surface area contributed by atoms with Gasteiger partial charge in [0.25, 0.3) is 0 Å². The van der Waals surface area contributed by atoms with Crippen LogP contribution in [-0.4, -0.2) is 79.5 Å². The molecule has 1 atom stereocenters. The van der Waals surface area contributed by atoms with E-state index in [1.54, 1.807) is 17.1 Å². The third-order valence-corrected chi connectivity index (χ3v) is 7.33. The third-order valence-electron chi connectivity index (χ3n) is 7.33. The summed E-state index contributed by atoms with van der Waals surface area (Å²) in [5, 5.41) is 11.9. The number of furan rings is 1. The second-order valence-corrected chi connectivity index (χ2v) is 10.0. The Morgan fingerprint density at radius 1 is 1.14 bits per heavy atom. The van der Waals surface area contributed by atoms with E-state index >= 15 is 0 Å². The fourth-order valence-corrected chi connectivity index (χ4v) is 5.24. The summed E-state index contributed by atoms with van der Waals surface area (Å²) >= 11 is 0. The predicted molar refractivity (Wildman–Crippen MR) is 144 cm³/mol. The second kappa shape index (κ2) is 11.9. The standard InChI is InChI=1S/C30H36N2O5/c1-22-6-8-29-26(18-22)27(21-37-29)23-10-12-31(13-11-23)19-25(33)20-36-28-5-3-2-4-24(28)7-9-30(34)32-14-16-35-17-15-32/h2-9,18,21,23,25,33H,10-17,19-20H2,1H3/t25-/m0/s1. The number of aryl methyl sites for hydroxylation is 1. The van der Waals surface area contributed by atoms with Crippen LogP contribution in [0.25, 0.3) is 17.0 Å². The molecule has 2 saturated heterocycles. The summed E-state index contributed by atoms with van der Waals surface area (Å²) in [5.74, 6) is 1.11. The van der Waals surface area contributed by atoms with Crippen molar-refractivity contribution in [2.24, 2.45) is 0 Å². The summed E-state index contributed by atoms with van der Waals surface area (Å²) < 4.78 is 17.1. The van der Waals surface area contributed by atoms with Gasteiger partial charge in [-0.3, -0.25) is 4.79 Å². The molecular weight excluding hydrogens is 468 g/mol. The largest absolute Gasteiger partial charge is 0.490 e. The number of benzene rings is 2. The van der Waals surface area contributed by atoms with Gasteiger partial charge in [0.15, 0.2) is 0 Å². The van der Waals surface area contributed by atoms with Gasteiger partial charge in [0.1, 0.15) is 24.0 Å². The summed E-state index contributed by atoms with van der Waals surface area (Å²) in [6.07, 6.45) is 6.78. The minimum Gasteiger partial charge on any atom is -0.490 e. The van der Waals surface area contributed by atoms with E-state index in [2.05, 4.69) is 30.0 Å². The number of para-hydroxylation sites is 1. The number of aliphatic hydroxyl groups excluding tert-OH is 1. The molecule has 1 aromatic heterocycles. The molecule has 0 radical (unpaired) electrons. The number of rotatable bonds is 8. The molecule has 2 aliphatic heterocycles. The van der Waals surface area contributed by atoms with E-state index in [-0.39, 0.29) is 12.5 Å². The average Bonchev–Trinajstić information content (AvgIpc) is 3.35. The molecular formula is C30H36N2O5. The van der Waals surface area contributed by atoms with Crippen LogP contribution in [0.2, 0.25) is 0 Å². The van der Waals surface area contributed by atoms with Crippen molar-refractivity contribution in [1.29, 1.82) is 0 Å². The maximum absolute atomic E-state index is 12.4. The van der Waals surface area contributed by atoms with Gasteiger partial charge in [-0.15, -0.1) is 0 Å². The Labute approximate surface area is 218 Å². The first kappa shape index (κ1) is 25.5. The molecule has 0 unspecified atom stereocenters. The van der Waals surface area contributed by atoms with Gasteiger partial charge in [-0.1, -0.05) is 29.8 Å². The molecule has 1 amide bonds. The monoisotopic (exact) mass is 504 g/mol. The lowest BCUT2D eigenvalue weighted by molar-refractivity contribution is -0.129. The molecule has 196 valence electrons. The highest BCUT2D eigenvalue weighted by Crippen LogP contribution is 2.35. The number of carbonyl (C=O) groups excluding carboxylic acids is 1. The fourth-order valence-electron chi connectivity index (χ4n) is 5.24. The summed E-state index contributed by atoms with van der Waals surface area (Å²) in [7, 11) is 0. The van der Waals surface area contributed by atoms with Crippen LogP contribution in [-0.2, 0) is 9.53 Å². The summed E-state index contributed by atoms with van der Waals surface area (Å²) in [4.78, 5) is 16.5. The smallest absolute Gasteiger partial charge is 0.246 e. The first-order valence-corrected chi connectivity index (χ1v) is 13.2. The number of hydrogen-bond acceptors (Lipinski definition) is 6. The molecule has 0 saturated carbocycles. The van der Waals surface area contributed by atoms with Crippen molar-refractivity contribution in [1.82, 2.24) is 9.80 Å². The zero-order valence-corrected chi connectivity index (χ0v) is 21.5. The van der Waals surface area contributed by atoms with Crippen LogP contribution < -0.4 is 4.74 Å². The van der Waals surface area contributed by atoms with Crippen molar-refractivity contribution in [2.45, 2.75) is 31.8 Å². The maximum atomic E-state index is 12.4. The van der Waals surface area contributed by atoms with E-state index < -0.39 is 6.10 Å². The zero-order chi connectivity index (χ0) is 25.6. The molecule has 0 spiro atoms. The molecule has 0 bridgehead atoms. The molecule has 2 fully saturated rings. The van der Waals surface area contributed by atoms with Crippen LogP contribution in [0.4, 0.5) is 0 Å². The van der Waals surface area contributed by atoms with Crippen LogP contribution in [0.5, 0.6) is 5.75 Å². The van der Waals surface area contributed by atoms with E-state index in [4.69, 9.17) is 13.9 Å². The normalized spacial score (nSPS) is 18.5. The van der Waals surface area contributed by atoms with E-state index in [1.807, 2.05) is 30.5 Å². The fraction of sp³-hybridized carbons (Fsp3) is 0.433. The van der Waals surface area contributed by atoms with Crippen molar-refractivity contribution >= 4 is 23.0 Å². The quantitative estimate of drug-likeness (QED) is 0.463. The first-order valence-electron chi connectivity index (χ1n) is 13.2. The summed E-state index contributed by atoms with van der Waals surface area (Å²) in [6, 6.07) is 13.9. The SMILES string of the molecule is Cc1ccc2occ(C3CCN(C[C@H](O)COc4ccccc4C=CC(=O)N4CCOCC4)CC3)c2c1. The maximum Gasteiger partial charge on any atom is 0.246 e. The lowest BCUT2D eigenvalue weighted by atomic mass is 9.89. The topological polar surface area (TPSA) is 75.4 Å². The Kier molecular flexibility index (Phi) is 8.24. The highest BCUT2D eigenvalue weighted by Gasteiger charge is 2.25. The number of fused-ring (bicyclic) bond motifs is 1. The Morgan fingerprint density at radius 2 is 1.92 bits per heavy atom. The molecule has 3 heterocycles. The van der Waals surface area contributed by atoms with E-state index in [9.17, 15) is 9.90 Å². The van der Waals surface area contributed by atoms with Crippen LogP contribution in [0, 0.1) is 6.92 Å². The van der Waals surface area contributed by atoms with Gasteiger partial charge in [-0.25, -0.2) is 0 Å². The van der Waals surface area contributed by atoms with Crippen molar-refractivity contribution in [3.05, 3.63) is 71.5 Å². The Hall–Kier alpha value is -3.13. The number of piperidine rings is 1. The predicted octanol–water partition coefficient (Wildman–Crippen LogP) is 4.23. The first-order chi connectivity index (χ1) is 18.1. The average molecular weight is 505 g/mol. The number of nitrogens with zero attached hydrogens (tertiary/aromatic N) is 2. The summed E-state index contributed by atoms with van der Waals surface area (Å²) in [6.45, 7) is 7.14. The van der Waals surface area contributed by atoms with E-state index in [0.717, 1.165) is 37.1 Å². The third kappa shape index (κ3) is 6.42. The van der Waals surface area contributed by atoms with E-state index in [1.165, 1.54) is 16.5 Å². The van der Waals surface area contributed by atoms with Gasteiger partial charge in [0.2, 0.25) is 5.91 Å². The molecule has 37 heavy (non-hydrogen) atoms. The molecule has 7 nitrogen and oxygen atoms in total. The van der Waals surface area contributed by atoms with Gasteiger partial charge in [0, 0.05) is 42.2 Å². The van der Waals surface area contributed by atoms with Crippen molar-refractivity contribution in [3.8, 4) is 5.75 Å². The number of likely N-dealkylation sites (tertiary alicyclic amines) is 1. The number of hydrogen-bond donors (Lipinski definition) is 1. The van der Waals surface area contributed by atoms with Crippen LogP contribution >= 0.6 is 0 Å². The lowest BCUT2D eigenvalue weighted by Crippen LogP contribution is -2.40. The Bertz CT molecular complexity index is 1220. The van der Waals surface area contributed by atoms with Crippen LogP contribution in [0.15, 0.2) is 59.2 Å². The van der Waals surface area contributed by atoms with Crippen molar-refractivity contribution < 1.29 is 23.8 Å². The molecule has 5 rings (SSSR count). The number of amides is 1. The molecule has 2 aliphatic rings. The number of morpholine rings is 1. The molecule has 2 aromatic carbocycles. The molecule has 3 aromatic rings. The second-order valence-electron chi connectivity index (χ2n) is 10.0. The van der Waals surface area contributed by atoms with Crippen LogP contribution in [0.3, 0.4) is 0 Å². The molecule has 0 aliphatic carbocycles. The minimum atomic E-state index is -0.596. The highest BCUT2D eigenvalue weighted by atomic mass is 16.5. The highest BCUT2D eigenvalue weighted by molar-refractivity contribution is 5.92. The molecule has 1 N–H and O–H groups in total. The zero-order valence-electron chi connectivity index (χ0n) is 21.5. The number of ether oxygens (including phenoxy) is 2. The van der Waals surface area contributed by atoms with Crippen LogP contribution in [0.1, 0.15) is 35.4 Å². The molecule has 7 heteroatoms. The number of β-amino-alcohol motifs (C(OH)–C–C–N with tert-alkyl or cyclic N) is 1.